The second-order valence-electron chi connectivity index (χ2n) is 6.07. The standard InChI is InChI=1S/C21H24N2OS.C2H6.CH3F.F2/c1-16-15-21(18-8-6-17(7-9-18)5-4-14-25-3)23(22-16)19-10-12-20(24-2)13-11-19;3*1-2/h6-13,15H,4-5,14H2,1-3H3;1-2H3;1H3;. The first kappa shape index (κ1) is 28.6. The third kappa shape index (κ3) is 9.09. The predicted octanol–water partition coefficient (Wildman–Crippen LogP) is 7.60. The van der Waals surface area contributed by atoms with E-state index in [-0.39, 0.29) is 0 Å². The van der Waals surface area contributed by atoms with Crippen molar-refractivity contribution in [2.45, 2.75) is 33.6 Å². The molecule has 1 heterocycles. The Bertz CT molecular complexity index is 822. The summed E-state index contributed by atoms with van der Waals surface area (Å²) in [5.74, 6) is 2.06. The van der Waals surface area contributed by atoms with Gasteiger partial charge < -0.3 is 4.74 Å². The van der Waals surface area contributed by atoms with Gasteiger partial charge in [-0.05, 0) is 67.7 Å². The van der Waals surface area contributed by atoms with Gasteiger partial charge in [0.25, 0.3) is 0 Å². The van der Waals surface area contributed by atoms with E-state index in [0.717, 1.165) is 29.2 Å². The molecule has 0 aliphatic rings. The van der Waals surface area contributed by atoms with Crippen molar-refractivity contribution >= 4 is 11.8 Å². The van der Waals surface area contributed by atoms with Crippen molar-refractivity contribution in [1.82, 2.24) is 9.78 Å². The summed E-state index contributed by atoms with van der Waals surface area (Å²) in [6, 6.07) is 19.0. The Balaban J connectivity index is 0.00000138. The zero-order valence-corrected chi connectivity index (χ0v) is 20.0. The Morgan fingerprint density at radius 2 is 1.55 bits per heavy atom. The molecule has 7 heteroatoms. The fraction of sp³-hybridized carbons (Fsp3) is 0.375. The lowest BCUT2D eigenvalue weighted by Crippen LogP contribution is -1.99. The Hall–Kier alpha value is -2.41. The van der Waals surface area contributed by atoms with Crippen molar-refractivity contribution in [3.63, 3.8) is 0 Å². The SMILES string of the molecule is CC.CF.COc1ccc(-n2nc(C)cc2-c2ccc(CCCSC)cc2)cc1.FF. The quantitative estimate of drug-likeness (QED) is 0.344. The van der Waals surface area contributed by atoms with E-state index in [1.54, 1.807) is 7.11 Å². The van der Waals surface area contributed by atoms with Gasteiger partial charge in [-0.1, -0.05) is 38.1 Å². The highest BCUT2D eigenvalue weighted by atomic mass is 32.2. The minimum absolute atomic E-state index is 0.500. The van der Waals surface area contributed by atoms with Crippen LogP contribution >= 0.6 is 11.8 Å². The van der Waals surface area contributed by atoms with Crippen LogP contribution in [0.1, 0.15) is 31.5 Å². The number of aromatic nitrogens is 2. The molecule has 0 radical (unpaired) electrons. The molecule has 2 aromatic carbocycles. The van der Waals surface area contributed by atoms with Gasteiger partial charge in [-0.25, -0.2) is 4.68 Å². The fourth-order valence-electron chi connectivity index (χ4n) is 2.89. The molecule has 0 saturated heterocycles. The molecule has 0 amide bonds. The normalized spacial score (nSPS) is 9.32. The summed E-state index contributed by atoms with van der Waals surface area (Å²) in [5.41, 5.74) is 5.73. The van der Waals surface area contributed by atoms with E-state index in [9.17, 15) is 4.39 Å². The van der Waals surface area contributed by atoms with E-state index in [1.807, 2.05) is 61.5 Å². The maximum Gasteiger partial charge on any atom is 0.119 e. The second kappa shape index (κ2) is 17.3. The lowest BCUT2D eigenvalue weighted by Gasteiger charge is -2.09. The zero-order chi connectivity index (χ0) is 23.6. The van der Waals surface area contributed by atoms with Crippen LogP contribution in [0.4, 0.5) is 13.5 Å². The molecule has 31 heavy (non-hydrogen) atoms. The van der Waals surface area contributed by atoms with Crippen LogP contribution in [-0.2, 0) is 6.42 Å². The smallest absolute Gasteiger partial charge is 0.119 e. The molecule has 3 aromatic rings. The van der Waals surface area contributed by atoms with Gasteiger partial charge in [-0.15, -0.1) is 0 Å². The van der Waals surface area contributed by atoms with Gasteiger partial charge in [-0.3, -0.25) is 4.39 Å². The van der Waals surface area contributed by atoms with Crippen molar-refractivity contribution in [1.29, 1.82) is 0 Å². The van der Waals surface area contributed by atoms with Crippen LogP contribution in [-0.4, -0.2) is 36.1 Å². The van der Waals surface area contributed by atoms with Crippen LogP contribution in [0.2, 0.25) is 0 Å². The van der Waals surface area contributed by atoms with E-state index in [1.165, 1.54) is 23.3 Å². The molecule has 0 bridgehead atoms. The number of nitrogens with zero attached hydrogens (tertiary/aromatic N) is 2. The van der Waals surface area contributed by atoms with E-state index >= 15 is 0 Å². The number of hydrogen-bond donors (Lipinski definition) is 0. The molecule has 1 aromatic heterocycles. The molecule has 0 spiro atoms. The van der Waals surface area contributed by atoms with Gasteiger partial charge in [0.05, 0.1) is 31.4 Å². The zero-order valence-electron chi connectivity index (χ0n) is 19.2. The number of thioether (sulfide) groups is 1. The molecule has 0 aliphatic carbocycles. The largest absolute Gasteiger partial charge is 0.497 e. The Kier molecular flexibility index (Phi) is 15.9. The molecule has 172 valence electrons. The lowest BCUT2D eigenvalue weighted by molar-refractivity contribution is 0.108. The van der Waals surface area contributed by atoms with Crippen molar-refractivity contribution in [2.24, 2.45) is 0 Å². The van der Waals surface area contributed by atoms with Crippen LogP contribution in [0.15, 0.2) is 54.6 Å². The van der Waals surface area contributed by atoms with E-state index in [2.05, 4.69) is 41.7 Å². The van der Waals surface area contributed by atoms with Crippen LogP contribution in [0.3, 0.4) is 0 Å². The summed E-state index contributed by atoms with van der Waals surface area (Å²) in [5, 5.41) is 4.67. The molecule has 0 aliphatic heterocycles. The summed E-state index contributed by atoms with van der Waals surface area (Å²) < 4.78 is 32.7. The van der Waals surface area contributed by atoms with E-state index in [4.69, 9.17) is 13.9 Å². The van der Waals surface area contributed by atoms with Crippen molar-refractivity contribution < 1.29 is 18.3 Å². The number of methoxy groups -OCH3 is 1. The van der Waals surface area contributed by atoms with Crippen LogP contribution in [0.25, 0.3) is 16.9 Å². The molecule has 0 N–H and O–H groups in total. The molecule has 3 nitrogen and oxygen atoms in total. The number of hydrogen-bond acceptors (Lipinski definition) is 3. The lowest BCUT2D eigenvalue weighted by atomic mass is 10.1. The molecule has 0 saturated carbocycles. The van der Waals surface area contributed by atoms with E-state index in [0.29, 0.717) is 7.18 Å². The fourth-order valence-corrected chi connectivity index (χ4v) is 3.32. The van der Waals surface area contributed by atoms with Gasteiger partial charge in [0, 0.05) is 14.7 Å². The monoisotopic (exact) mass is 454 g/mol. The number of rotatable bonds is 7. The minimum atomic E-state index is 0.500. The van der Waals surface area contributed by atoms with Crippen molar-refractivity contribution in [2.75, 3.05) is 26.3 Å². The first-order valence-electron chi connectivity index (χ1n) is 10.0. The second-order valence-corrected chi connectivity index (χ2v) is 7.06. The van der Waals surface area contributed by atoms with Crippen molar-refractivity contribution in [3.8, 4) is 22.7 Å². The van der Waals surface area contributed by atoms with Crippen LogP contribution in [0.5, 0.6) is 5.75 Å². The first-order chi connectivity index (χ1) is 15.2. The highest BCUT2D eigenvalue weighted by Crippen LogP contribution is 2.25. The molecule has 3 rings (SSSR count). The topological polar surface area (TPSA) is 27.1 Å². The van der Waals surface area contributed by atoms with E-state index < -0.39 is 0 Å². The Labute approximate surface area is 188 Å². The number of ether oxygens (including phenoxy) is 1. The molecule has 0 atom stereocenters. The molecular formula is C24H33F3N2OS. The highest BCUT2D eigenvalue weighted by molar-refractivity contribution is 7.98. The minimum Gasteiger partial charge on any atom is -0.497 e. The summed E-state index contributed by atoms with van der Waals surface area (Å²) in [6.07, 6.45) is 4.52. The number of halogens is 3. The summed E-state index contributed by atoms with van der Waals surface area (Å²) in [4.78, 5) is 0. The van der Waals surface area contributed by atoms with Gasteiger partial charge in [-0.2, -0.15) is 16.9 Å². The molecule has 0 fully saturated rings. The third-order valence-electron chi connectivity index (χ3n) is 4.21. The molecule has 0 unspecified atom stereocenters. The highest BCUT2D eigenvalue weighted by Gasteiger charge is 2.10. The maximum atomic E-state index is 9.50. The average molecular weight is 455 g/mol. The van der Waals surface area contributed by atoms with Crippen LogP contribution in [0, 0.1) is 6.92 Å². The van der Waals surface area contributed by atoms with Crippen molar-refractivity contribution in [3.05, 3.63) is 65.9 Å². The third-order valence-corrected chi connectivity index (χ3v) is 4.91. The predicted molar refractivity (Wildman–Crippen MR) is 128 cm³/mol. The molecular weight excluding hydrogens is 421 g/mol. The van der Waals surface area contributed by atoms with Gasteiger partial charge in [0.1, 0.15) is 5.75 Å². The first-order valence-corrected chi connectivity index (χ1v) is 11.4. The summed E-state index contributed by atoms with van der Waals surface area (Å²) in [6.45, 7) is 6.03. The van der Waals surface area contributed by atoms with Gasteiger partial charge in [0.2, 0.25) is 0 Å². The Morgan fingerprint density at radius 1 is 0.968 bits per heavy atom. The summed E-state index contributed by atoms with van der Waals surface area (Å²) >= 11 is 1.91. The number of alkyl halides is 1. The van der Waals surface area contributed by atoms with Gasteiger partial charge in [0.15, 0.2) is 0 Å². The summed E-state index contributed by atoms with van der Waals surface area (Å²) in [7, 11) is 2.18. The average Bonchev–Trinajstić information content (AvgIpc) is 3.25. The van der Waals surface area contributed by atoms with Gasteiger partial charge >= 0.3 is 0 Å². The maximum absolute atomic E-state index is 9.50. The number of benzene rings is 2. The number of aryl methyl sites for hydroxylation is 2. The van der Waals surface area contributed by atoms with Crippen LogP contribution < -0.4 is 4.74 Å². The Morgan fingerprint density at radius 3 is 2.06 bits per heavy atom.